The fourth-order valence-corrected chi connectivity index (χ4v) is 2.07. The summed E-state index contributed by atoms with van der Waals surface area (Å²) in [6.07, 6.45) is 3.39. The number of benzene rings is 1. The van der Waals surface area contributed by atoms with Crippen LogP contribution in [-0.4, -0.2) is 24.2 Å². The number of hydrogen-bond donors (Lipinski definition) is 1. The van der Waals surface area contributed by atoms with E-state index in [9.17, 15) is 4.79 Å². The van der Waals surface area contributed by atoms with E-state index < -0.39 is 5.97 Å². The Bertz CT molecular complexity index is 392. The quantitative estimate of drug-likeness (QED) is 0.732. The molecule has 1 rings (SSSR count). The fraction of sp³-hybridized carbons (Fsp3) is 0.533. The van der Waals surface area contributed by atoms with Crippen molar-refractivity contribution in [2.75, 3.05) is 18.0 Å². The predicted octanol–water partition coefficient (Wildman–Crippen LogP) is 4.06. The molecule has 1 N–H and O–H groups in total. The van der Waals surface area contributed by atoms with Gasteiger partial charge in [0.2, 0.25) is 0 Å². The van der Waals surface area contributed by atoms with Crippen LogP contribution < -0.4 is 4.90 Å². The normalized spacial score (nSPS) is 12.2. The van der Waals surface area contributed by atoms with E-state index in [2.05, 4.69) is 11.8 Å². The molecule has 0 amide bonds. The van der Waals surface area contributed by atoms with Crippen LogP contribution >= 0.6 is 11.6 Å². The van der Waals surface area contributed by atoms with E-state index in [4.69, 9.17) is 16.7 Å². The summed E-state index contributed by atoms with van der Waals surface area (Å²) in [6, 6.07) is 7.58. The van der Waals surface area contributed by atoms with Crippen molar-refractivity contribution in [1.29, 1.82) is 0 Å². The molecule has 19 heavy (non-hydrogen) atoms. The molecule has 106 valence electrons. The lowest BCUT2D eigenvalue weighted by atomic mass is 10.1. The number of halogens is 1. The number of hydrogen-bond acceptors (Lipinski definition) is 2. The molecule has 0 bridgehead atoms. The second-order valence-corrected chi connectivity index (χ2v) is 5.31. The fourth-order valence-electron chi connectivity index (χ4n) is 1.94. The molecule has 0 spiro atoms. The minimum Gasteiger partial charge on any atom is -0.481 e. The van der Waals surface area contributed by atoms with Gasteiger partial charge in [-0.05, 0) is 30.7 Å². The molecule has 0 aliphatic heterocycles. The molecule has 0 aliphatic rings. The first-order valence-electron chi connectivity index (χ1n) is 6.78. The van der Waals surface area contributed by atoms with Crippen molar-refractivity contribution >= 4 is 23.3 Å². The molecular formula is C15H22ClNO2. The van der Waals surface area contributed by atoms with Crippen LogP contribution in [0, 0.1) is 5.92 Å². The highest BCUT2D eigenvalue weighted by molar-refractivity contribution is 6.30. The van der Waals surface area contributed by atoms with E-state index in [1.165, 1.54) is 0 Å². The number of rotatable bonds is 8. The zero-order valence-corrected chi connectivity index (χ0v) is 12.4. The number of anilines is 1. The first-order valence-corrected chi connectivity index (χ1v) is 7.15. The van der Waals surface area contributed by atoms with Gasteiger partial charge in [-0.25, -0.2) is 0 Å². The van der Waals surface area contributed by atoms with Gasteiger partial charge in [0.25, 0.3) is 0 Å². The van der Waals surface area contributed by atoms with Crippen LogP contribution in [0.25, 0.3) is 0 Å². The van der Waals surface area contributed by atoms with E-state index in [-0.39, 0.29) is 5.92 Å². The zero-order valence-electron chi connectivity index (χ0n) is 11.6. The SMILES string of the molecule is CCCCCN(CC(C)C(=O)O)c1ccc(Cl)cc1. The van der Waals surface area contributed by atoms with Gasteiger partial charge in [0.1, 0.15) is 0 Å². The van der Waals surface area contributed by atoms with Gasteiger partial charge in [0.05, 0.1) is 5.92 Å². The third-order valence-corrected chi connectivity index (χ3v) is 3.39. The summed E-state index contributed by atoms with van der Waals surface area (Å²) in [7, 11) is 0. The Kier molecular flexibility index (Phi) is 6.71. The van der Waals surface area contributed by atoms with Gasteiger partial charge >= 0.3 is 5.97 Å². The van der Waals surface area contributed by atoms with E-state index in [1.54, 1.807) is 6.92 Å². The van der Waals surface area contributed by atoms with Crippen LogP contribution in [0.1, 0.15) is 33.1 Å². The Balaban J connectivity index is 2.73. The summed E-state index contributed by atoms with van der Waals surface area (Å²) >= 11 is 5.89. The molecule has 4 heteroatoms. The topological polar surface area (TPSA) is 40.5 Å². The predicted molar refractivity (Wildman–Crippen MR) is 80.0 cm³/mol. The van der Waals surface area contributed by atoms with Crippen molar-refractivity contribution in [3.05, 3.63) is 29.3 Å². The van der Waals surface area contributed by atoms with Gasteiger partial charge in [-0.15, -0.1) is 0 Å². The Morgan fingerprint density at radius 1 is 1.32 bits per heavy atom. The van der Waals surface area contributed by atoms with Crippen LogP contribution in [0.2, 0.25) is 5.02 Å². The summed E-state index contributed by atoms with van der Waals surface area (Å²) in [5.74, 6) is -1.13. The Morgan fingerprint density at radius 3 is 2.47 bits per heavy atom. The molecular weight excluding hydrogens is 262 g/mol. The Morgan fingerprint density at radius 2 is 1.95 bits per heavy atom. The second kappa shape index (κ2) is 8.05. The maximum atomic E-state index is 11.0. The van der Waals surface area contributed by atoms with Crippen molar-refractivity contribution in [2.24, 2.45) is 5.92 Å². The highest BCUT2D eigenvalue weighted by atomic mass is 35.5. The van der Waals surface area contributed by atoms with Gasteiger partial charge in [0, 0.05) is 23.8 Å². The summed E-state index contributed by atoms with van der Waals surface area (Å²) < 4.78 is 0. The van der Waals surface area contributed by atoms with Crippen LogP contribution in [0.4, 0.5) is 5.69 Å². The van der Waals surface area contributed by atoms with Gasteiger partial charge in [0.15, 0.2) is 0 Å². The van der Waals surface area contributed by atoms with Crippen LogP contribution in [0.5, 0.6) is 0 Å². The molecule has 0 radical (unpaired) electrons. The molecule has 3 nitrogen and oxygen atoms in total. The van der Waals surface area contributed by atoms with Crippen LogP contribution in [0.3, 0.4) is 0 Å². The number of carboxylic acid groups (broad SMARTS) is 1. The van der Waals surface area contributed by atoms with Gasteiger partial charge < -0.3 is 10.0 Å². The molecule has 0 saturated heterocycles. The first-order chi connectivity index (χ1) is 9.04. The third-order valence-electron chi connectivity index (χ3n) is 3.14. The molecule has 1 unspecified atom stereocenters. The van der Waals surface area contributed by atoms with Gasteiger partial charge in [-0.3, -0.25) is 4.79 Å². The number of unbranched alkanes of at least 4 members (excludes halogenated alkanes) is 2. The highest BCUT2D eigenvalue weighted by Gasteiger charge is 2.16. The van der Waals surface area contributed by atoms with Crippen molar-refractivity contribution in [3.63, 3.8) is 0 Å². The third kappa shape index (κ3) is 5.52. The number of nitrogens with zero attached hydrogens (tertiary/aromatic N) is 1. The van der Waals surface area contributed by atoms with Gasteiger partial charge in [-0.2, -0.15) is 0 Å². The molecule has 0 aromatic heterocycles. The average molecular weight is 284 g/mol. The summed E-state index contributed by atoms with van der Waals surface area (Å²) in [5.41, 5.74) is 1.04. The monoisotopic (exact) mass is 283 g/mol. The van der Waals surface area contributed by atoms with E-state index in [0.29, 0.717) is 11.6 Å². The standard InChI is InChI=1S/C15H22ClNO2/c1-3-4-5-10-17(11-12(2)15(18)19)14-8-6-13(16)7-9-14/h6-9,12H,3-5,10-11H2,1-2H3,(H,18,19). The minimum absolute atomic E-state index is 0.377. The molecule has 0 saturated carbocycles. The van der Waals surface area contributed by atoms with Crippen molar-refractivity contribution in [2.45, 2.75) is 33.1 Å². The van der Waals surface area contributed by atoms with Crippen molar-refractivity contribution in [3.8, 4) is 0 Å². The van der Waals surface area contributed by atoms with E-state index in [1.807, 2.05) is 24.3 Å². The average Bonchev–Trinajstić information content (AvgIpc) is 2.38. The van der Waals surface area contributed by atoms with Crippen molar-refractivity contribution in [1.82, 2.24) is 0 Å². The van der Waals surface area contributed by atoms with Crippen LogP contribution in [0.15, 0.2) is 24.3 Å². The summed E-state index contributed by atoms with van der Waals surface area (Å²) in [6.45, 7) is 5.31. The molecule has 0 aliphatic carbocycles. The zero-order chi connectivity index (χ0) is 14.3. The molecule has 1 aromatic carbocycles. The maximum absolute atomic E-state index is 11.0. The Labute approximate surface area is 120 Å². The number of carbonyl (C=O) groups is 1. The molecule has 1 atom stereocenters. The minimum atomic E-state index is -0.755. The van der Waals surface area contributed by atoms with Gasteiger partial charge in [-0.1, -0.05) is 38.3 Å². The number of carboxylic acids is 1. The number of aliphatic carboxylic acids is 1. The highest BCUT2D eigenvalue weighted by Crippen LogP contribution is 2.20. The lowest BCUT2D eigenvalue weighted by molar-refractivity contribution is -0.140. The van der Waals surface area contributed by atoms with Crippen molar-refractivity contribution < 1.29 is 9.90 Å². The second-order valence-electron chi connectivity index (χ2n) is 4.87. The molecule has 0 heterocycles. The summed E-state index contributed by atoms with van der Waals surface area (Å²) in [5, 5.41) is 9.74. The maximum Gasteiger partial charge on any atom is 0.308 e. The van der Waals surface area contributed by atoms with E-state index in [0.717, 1.165) is 31.5 Å². The Hall–Kier alpha value is -1.22. The lowest BCUT2D eigenvalue weighted by Crippen LogP contribution is -2.32. The van der Waals surface area contributed by atoms with Crippen LogP contribution in [-0.2, 0) is 4.79 Å². The first kappa shape index (κ1) is 15.8. The molecule has 1 aromatic rings. The molecule has 0 fully saturated rings. The lowest BCUT2D eigenvalue weighted by Gasteiger charge is -2.26. The summed E-state index contributed by atoms with van der Waals surface area (Å²) in [4.78, 5) is 13.1. The smallest absolute Gasteiger partial charge is 0.308 e. The largest absolute Gasteiger partial charge is 0.481 e. The van der Waals surface area contributed by atoms with E-state index >= 15 is 0 Å².